The van der Waals surface area contributed by atoms with Gasteiger partial charge in [-0.1, -0.05) is 31.2 Å². The van der Waals surface area contributed by atoms with Gasteiger partial charge in [0.25, 0.3) is 5.91 Å². The van der Waals surface area contributed by atoms with Crippen LogP contribution >= 0.6 is 0 Å². The first-order valence-electron chi connectivity index (χ1n) is 7.80. The monoisotopic (exact) mass is 306 g/mol. The van der Waals surface area contributed by atoms with Crippen LogP contribution < -0.4 is 5.32 Å². The van der Waals surface area contributed by atoms with Crippen LogP contribution in [0.3, 0.4) is 0 Å². The van der Waals surface area contributed by atoms with Gasteiger partial charge in [0.05, 0.1) is 0 Å². The van der Waals surface area contributed by atoms with Crippen molar-refractivity contribution in [2.45, 2.75) is 25.9 Å². The second kappa shape index (κ2) is 4.70. The van der Waals surface area contributed by atoms with Gasteiger partial charge in [0.15, 0.2) is 5.60 Å². The van der Waals surface area contributed by atoms with Gasteiger partial charge < -0.3 is 15.4 Å². The number of H-pyrrole nitrogens is 1. The summed E-state index contributed by atoms with van der Waals surface area (Å²) in [6.45, 7) is 3.95. The van der Waals surface area contributed by atoms with Crippen LogP contribution in [0.5, 0.6) is 0 Å². The second-order valence-corrected chi connectivity index (χ2v) is 6.07. The van der Waals surface area contributed by atoms with Gasteiger partial charge in [-0.15, -0.1) is 0 Å². The van der Waals surface area contributed by atoms with E-state index in [1.54, 1.807) is 0 Å². The van der Waals surface area contributed by atoms with Gasteiger partial charge in [-0.05, 0) is 37.1 Å². The van der Waals surface area contributed by atoms with Gasteiger partial charge in [0.2, 0.25) is 0 Å². The Hall–Kier alpha value is -2.59. The Kier molecular flexibility index (Phi) is 2.87. The number of hydrogen-bond donors (Lipinski definition) is 3. The zero-order valence-corrected chi connectivity index (χ0v) is 13.1. The quantitative estimate of drug-likeness (QED) is 0.680. The molecule has 4 rings (SSSR count). The molecule has 3 N–H and O–H groups in total. The highest BCUT2D eigenvalue weighted by Crippen LogP contribution is 2.45. The Labute approximate surface area is 134 Å². The topological polar surface area (TPSA) is 65.1 Å². The molecule has 1 atom stereocenters. The smallest absolute Gasteiger partial charge is 0.265 e. The van der Waals surface area contributed by atoms with Crippen molar-refractivity contribution >= 4 is 22.5 Å². The standard InChI is InChI=1S/C19H18N2O2/c1-3-12-8-9-16-14(10-12)19(23,18(22)21-16)17-11(2)20-15-7-5-4-6-13(15)17/h4-10,20,23H,3H2,1-2H3,(H,21,22). The summed E-state index contributed by atoms with van der Waals surface area (Å²) in [6.07, 6.45) is 0.852. The van der Waals surface area contributed by atoms with Gasteiger partial charge >= 0.3 is 0 Å². The minimum atomic E-state index is -1.66. The normalized spacial score (nSPS) is 19.9. The highest BCUT2D eigenvalue weighted by molar-refractivity contribution is 6.09. The van der Waals surface area contributed by atoms with E-state index in [1.807, 2.05) is 49.4 Å². The summed E-state index contributed by atoms with van der Waals surface area (Å²) in [6, 6.07) is 13.5. The molecule has 0 spiro atoms. The number of fused-ring (bicyclic) bond motifs is 2. The molecule has 2 aromatic carbocycles. The van der Waals surface area contributed by atoms with E-state index in [2.05, 4.69) is 17.2 Å². The summed E-state index contributed by atoms with van der Waals surface area (Å²) in [5, 5.41) is 15.1. The van der Waals surface area contributed by atoms with Crippen molar-refractivity contribution < 1.29 is 9.90 Å². The van der Waals surface area contributed by atoms with Crippen LogP contribution in [0.25, 0.3) is 10.9 Å². The predicted molar refractivity (Wildman–Crippen MR) is 90.5 cm³/mol. The number of aromatic amines is 1. The average molecular weight is 306 g/mol. The van der Waals surface area contributed by atoms with E-state index in [4.69, 9.17) is 0 Å². The molecule has 0 bridgehead atoms. The molecular formula is C19H18N2O2. The van der Waals surface area contributed by atoms with Gasteiger partial charge in [0.1, 0.15) is 0 Å². The fraction of sp³-hybridized carbons (Fsp3) is 0.211. The van der Waals surface area contributed by atoms with Crippen LogP contribution in [0.1, 0.15) is 29.3 Å². The van der Waals surface area contributed by atoms with Gasteiger partial charge in [-0.3, -0.25) is 4.79 Å². The fourth-order valence-electron chi connectivity index (χ4n) is 3.55. The van der Waals surface area contributed by atoms with Gasteiger partial charge in [0, 0.05) is 33.4 Å². The summed E-state index contributed by atoms with van der Waals surface area (Å²) < 4.78 is 0. The minimum absolute atomic E-state index is 0.395. The second-order valence-electron chi connectivity index (χ2n) is 6.07. The molecule has 1 aliphatic heterocycles. The molecule has 4 heteroatoms. The molecule has 1 aromatic heterocycles. The van der Waals surface area contributed by atoms with Crippen molar-refractivity contribution in [3.63, 3.8) is 0 Å². The number of amides is 1. The minimum Gasteiger partial charge on any atom is -0.372 e. The number of para-hydroxylation sites is 1. The number of carbonyl (C=O) groups excluding carboxylic acids is 1. The van der Waals surface area contributed by atoms with Crippen LogP contribution in [0.15, 0.2) is 42.5 Å². The Morgan fingerprint density at radius 3 is 2.74 bits per heavy atom. The van der Waals surface area contributed by atoms with E-state index in [9.17, 15) is 9.90 Å². The lowest BCUT2D eigenvalue weighted by Crippen LogP contribution is -2.35. The largest absolute Gasteiger partial charge is 0.372 e. The van der Waals surface area contributed by atoms with E-state index in [1.165, 1.54) is 0 Å². The fourth-order valence-corrected chi connectivity index (χ4v) is 3.55. The van der Waals surface area contributed by atoms with Crippen molar-refractivity contribution in [3.05, 3.63) is 64.8 Å². The SMILES string of the molecule is CCc1ccc2c(c1)C(O)(c1c(C)[nH]c3ccccc13)C(=O)N2. The van der Waals surface area contributed by atoms with Crippen LogP contribution in [-0.4, -0.2) is 16.0 Å². The molecule has 0 aliphatic carbocycles. The molecule has 2 heterocycles. The predicted octanol–water partition coefficient (Wildman–Crippen LogP) is 3.23. The van der Waals surface area contributed by atoms with E-state index >= 15 is 0 Å². The number of hydrogen-bond acceptors (Lipinski definition) is 2. The summed E-state index contributed by atoms with van der Waals surface area (Å²) in [5.74, 6) is -0.395. The molecule has 0 saturated heterocycles. The van der Waals surface area contributed by atoms with Gasteiger partial charge in [-0.2, -0.15) is 0 Å². The van der Waals surface area contributed by atoms with Crippen molar-refractivity contribution in [2.24, 2.45) is 0 Å². The zero-order chi connectivity index (χ0) is 16.2. The molecular weight excluding hydrogens is 288 g/mol. The third kappa shape index (κ3) is 1.79. The number of aliphatic hydroxyl groups is 1. The van der Waals surface area contributed by atoms with Crippen LogP contribution in [0.4, 0.5) is 5.69 Å². The summed E-state index contributed by atoms with van der Waals surface area (Å²) in [5.41, 5.74) is 3.10. The summed E-state index contributed by atoms with van der Waals surface area (Å²) in [7, 11) is 0. The third-order valence-corrected chi connectivity index (χ3v) is 4.71. The lowest BCUT2D eigenvalue weighted by Gasteiger charge is -2.22. The molecule has 1 unspecified atom stereocenters. The molecule has 3 aromatic rings. The maximum Gasteiger partial charge on any atom is 0.265 e. The van der Waals surface area contributed by atoms with Crippen LogP contribution in [0, 0.1) is 6.92 Å². The van der Waals surface area contributed by atoms with E-state index < -0.39 is 11.5 Å². The Morgan fingerprint density at radius 2 is 1.96 bits per heavy atom. The number of rotatable bonds is 2. The van der Waals surface area contributed by atoms with E-state index in [-0.39, 0.29) is 0 Å². The molecule has 116 valence electrons. The summed E-state index contributed by atoms with van der Waals surface area (Å²) >= 11 is 0. The zero-order valence-electron chi connectivity index (χ0n) is 13.1. The Bertz CT molecular complexity index is 942. The Balaban J connectivity index is 2.04. The molecule has 1 aliphatic rings. The third-order valence-electron chi connectivity index (χ3n) is 4.71. The molecule has 0 fully saturated rings. The van der Waals surface area contributed by atoms with Crippen molar-refractivity contribution in [1.82, 2.24) is 4.98 Å². The lowest BCUT2D eigenvalue weighted by atomic mass is 9.85. The number of aromatic nitrogens is 1. The van der Waals surface area contributed by atoms with Crippen molar-refractivity contribution in [2.75, 3.05) is 5.32 Å². The number of benzene rings is 2. The maximum atomic E-state index is 12.7. The van der Waals surface area contributed by atoms with Crippen molar-refractivity contribution in [1.29, 1.82) is 0 Å². The first-order chi connectivity index (χ1) is 11.1. The van der Waals surface area contributed by atoms with Crippen molar-refractivity contribution in [3.8, 4) is 0 Å². The first kappa shape index (κ1) is 14.0. The van der Waals surface area contributed by atoms with E-state index in [0.717, 1.165) is 28.6 Å². The molecule has 0 saturated carbocycles. The number of anilines is 1. The molecule has 4 nitrogen and oxygen atoms in total. The number of carbonyl (C=O) groups is 1. The highest BCUT2D eigenvalue weighted by atomic mass is 16.3. The lowest BCUT2D eigenvalue weighted by molar-refractivity contribution is -0.129. The van der Waals surface area contributed by atoms with Crippen LogP contribution in [-0.2, 0) is 16.8 Å². The molecule has 23 heavy (non-hydrogen) atoms. The van der Waals surface area contributed by atoms with E-state index in [0.29, 0.717) is 16.8 Å². The number of aryl methyl sites for hydroxylation is 2. The van der Waals surface area contributed by atoms with Crippen LogP contribution in [0.2, 0.25) is 0 Å². The molecule has 0 radical (unpaired) electrons. The Morgan fingerprint density at radius 1 is 1.17 bits per heavy atom. The first-order valence-corrected chi connectivity index (χ1v) is 7.80. The molecule has 1 amide bonds. The number of nitrogens with one attached hydrogen (secondary N) is 2. The summed E-state index contributed by atoms with van der Waals surface area (Å²) in [4.78, 5) is 15.9. The highest BCUT2D eigenvalue weighted by Gasteiger charge is 2.49. The maximum absolute atomic E-state index is 12.7. The van der Waals surface area contributed by atoms with Gasteiger partial charge in [-0.25, -0.2) is 0 Å². The average Bonchev–Trinajstić information content (AvgIpc) is 3.02.